The Morgan fingerprint density at radius 3 is 2.47 bits per heavy atom. The number of aliphatic hydroxyl groups is 1. The Morgan fingerprint density at radius 2 is 1.77 bits per heavy atom. The van der Waals surface area contributed by atoms with E-state index < -0.39 is 6.10 Å². The summed E-state index contributed by atoms with van der Waals surface area (Å²) in [6.07, 6.45) is 7.40. The zero-order valence-corrected chi connectivity index (χ0v) is 17.3. The molecule has 0 saturated carbocycles. The molecule has 4 rings (SSSR count). The number of nitrogens with zero attached hydrogens (tertiary/aromatic N) is 1. The van der Waals surface area contributed by atoms with E-state index in [1.54, 1.807) is 6.20 Å². The molecule has 1 aromatic heterocycles. The molecule has 3 nitrogen and oxygen atoms in total. The maximum atomic E-state index is 11.2. The maximum Gasteiger partial charge on any atom is 0.123 e. The molecule has 0 aliphatic heterocycles. The highest BCUT2D eigenvalue weighted by Gasteiger charge is 2.19. The first-order chi connectivity index (χ1) is 14.7. The number of hydrogen-bond donors (Lipinski definition) is 2. The number of rotatable bonds is 6. The fourth-order valence-electron chi connectivity index (χ4n) is 3.44. The van der Waals surface area contributed by atoms with Crippen LogP contribution in [0.15, 0.2) is 79.0 Å². The third-order valence-electron chi connectivity index (χ3n) is 5.02. The van der Waals surface area contributed by atoms with Crippen molar-refractivity contribution in [3.8, 4) is 34.0 Å². The van der Waals surface area contributed by atoms with E-state index in [1.165, 1.54) is 16.9 Å². The van der Waals surface area contributed by atoms with Crippen LogP contribution in [0.5, 0.6) is 0 Å². The lowest BCUT2D eigenvalue weighted by Gasteiger charge is -2.16. The summed E-state index contributed by atoms with van der Waals surface area (Å²) in [4.78, 5) is 5.30. The van der Waals surface area contributed by atoms with Crippen LogP contribution in [0.1, 0.15) is 27.7 Å². The van der Waals surface area contributed by atoms with Gasteiger partial charge >= 0.3 is 0 Å². The Morgan fingerprint density at radius 1 is 1.00 bits per heavy atom. The van der Waals surface area contributed by atoms with Crippen LogP contribution in [-0.2, 0) is 6.42 Å². The normalized spacial score (nSPS) is 11.8. The minimum absolute atomic E-state index is 0.620. The molecule has 30 heavy (non-hydrogen) atoms. The van der Waals surface area contributed by atoms with E-state index in [-0.39, 0.29) is 0 Å². The molecule has 3 aromatic carbocycles. The summed E-state index contributed by atoms with van der Waals surface area (Å²) in [6, 6.07) is 24.0. The van der Waals surface area contributed by atoms with Gasteiger partial charge in [0, 0.05) is 17.3 Å². The van der Waals surface area contributed by atoms with Gasteiger partial charge in [-0.1, -0.05) is 66.6 Å². The largest absolute Gasteiger partial charge is 0.383 e. The monoisotopic (exact) mass is 410 g/mol. The Balaban J connectivity index is 1.72. The molecule has 0 bridgehead atoms. The number of terminal acetylenes is 1. The van der Waals surface area contributed by atoms with Gasteiger partial charge in [0.2, 0.25) is 0 Å². The standard InChI is InChI=1S/C26H22N2OS/c1-2-18-10-13-22(20-11-8-19(9-12-20)14-15-27)23(16-18)25(29)24-17-28-26(30-24)21-6-4-3-5-7-21/h1,3-13,16-17,25,29H,14-15,27H2. The number of benzene rings is 3. The summed E-state index contributed by atoms with van der Waals surface area (Å²) in [5.74, 6) is 2.67. The molecule has 0 radical (unpaired) electrons. The predicted octanol–water partition coefficient (Wildman–Crippen LogP) is 5.04. The smallest absolute Gasteiger partial charge is 0.123 e. The van der Waals surface area contributed by atoms with Crippen LogP contribution in [0.2, 0.25) is 0 Å². The van der Waals surface area contributed by atoms with Crippen LogP contribution >= 0.6 is 11.3 Å². The molecule has 148 valence electrons. The average Bonchev–Trinajstić information content (AvgIpc) is 3.30. The van der Waals surface area contributed by atoms with Crippen molar-refractivity contribution in [3.05, 3.63) is 101 Å². The van der Waals surface area contributed by atoms with Crippen molar-refractivity contribution in [3.63, 3.8) is 0 Å². The highest BCUT2D eigenvalue weighted by atomic mass is 32.1. The van der Waals surface area contributed by atoms with E-state index in [0.717, 1.165) is 44.1 Å². The van der Waals surface area contributed by atoms with Crippen LogP contribution in [-0.4, -0.2) is 16.6 Å². The minimum atomic E-state index is -0.813. The summed E-state index contributed by atoms with van der Waals surface area (Å²) in [5.41, 5.74) is 11.4. The molecule has 0 saturated heterocycles. The highest BCUT2D eigenvalue weighted by molar-refractivity contribution is 7.15. The molecule has 4 aromatic rings. The van der Waals surface area contributed by atoms with Gasteiger partial charge in [-0.05, 0) is 47.4 Å². The molecule has 1 atom stereocenters. The zero-order valence-electron chi connectivity index (χ0n) is 16.5. The van der Waals surface area contributed by atoms with Gasteiger partial charge in [-0.2, -0.15) is 0 Å². The van der Waals surface area contributed by atoms with Crippen molar-refractivity contribution in [2.24, 2.45) is 5.73 Å². The second kappa shape index (κ2) is 9.06. The predicted molar refractivity (Wildman–Crippen MR) is 124 cm³/mol. The molecule has 0 fully saturated rings. The number of hydrogen-bond acceptors (Lipinski definition) is 4. The third-order valence-corrected chi connectivity index (χ3v) is 6.12. The van der Waals surface area contributed by atoms with E-state index in [0.29, 0.717) is 6.54 Å². The van der Waals surface area contributed by atoms with E-state index in [2.05, 4.69) is 35.2 Å². The molecule has 3 N–H and O–H groups in total. The summed E-state index contributed by atoms with van der Waals surface area (Å²) in [7, 11) is 0. The average molecular weight is 411 g/mol. The first-order valence-electron chi connectivity index (χ1n) is 9.78. The van der Waals surface area contributed by atoms with Crippen molar-refractivity contribution >= 4 is 11.3 Å². The second-order valence-corrected chi connectivity index (χ2v) is 8.08. The van der Waals surface area contributed by atoms with Crippen molar-refractivity contribution in [2.45, 2.75) is 12.5 Å². The van der Waals surface area contributed by atoms with Gasteiger partial charge in [0.05, 0.1) is 4.88 Å². The molecule has 0 amide bonds. The van der Waals surface area contributed by atoms with E-state index in [4.69, 9.17) is 12.2 Å². The summed E-state index contributed by atoms with van der Waals surface area (Å²) in [5, 5.41) is 12.1. The second-order valence-electron chi connectivity index (χ2n) is 7.02. The summed E-state index contributed by atoms with van der Waals surface area (Å²) in [6.45, 7) is 0.620. The SMILES string of the molecule is C#Cc1ccc(-c2ccc(CCN)cc2)c(C(O)c2cnc(-c3ccccc3)s2)c1. The molecule has 4 heteroatoms. The number of aromatic nitrogens is 1. The first kappa shape index (κ1) is 20.1. The lowest BCUT2D eigenvalue weighted by atomic mass is 9.93. The highest BCUT2D eigenvalue weighted by Crippen LogP contribution is 2.36. The van der Waals surface area contributed by atoms with Gasteiger partial charge in [-0.3, -0.25) is 0 Å². The van der Waals surface area contributed by atoms with Gasteiger partial charge in [-0.25, -0.2) is 4.98 Å². The fraction of sp³-hybridized carbons (Fsp3) is 0.115. The van der Waals surface area contributed by atoms with Gasteiger partial charge in [-0.15, -0.1) is 17.8 Å². The quantitative estimate of drug-likeness (QED) is 0.438. The van der Waals surface area contributed by atoms with Gasteiger partial charge in [0.25, 0.3) is 0 Å². The van der Waals surface area contributed by atoms with Crippen molar-refractivity contribution < 1.29 is 5.11 Å². The topological polar surface area (TPSA) is 59.1 Å². The Labute approximate surface area is 180 Å². The molecular weight excluding hydrogens is 388 g/mol. The Hall–Kier alpha value is -3.23. The van der Waals surface area contributed by atoms with Gasteiger partial charge in [0.15, 0.2) is 0 Å². The van der Waals surface area contributed by atoms with E-state index >= 15 is 0 Å². The van der Waals surface area contributed by atoms with Crippen molar-refractivity contribution in [1.82, 2.24) is 4.98 Å². The summed E-state index contributed by atoms with van der Waals surface area (Å²) >= 11 is 1.49. The molecule has 0 spiro atoms. The van der Waals surface area contributed by atoms with Crippen LogP contribution in [0.25, 0.3) is 21.7 Å². The molecule has 1 unspecified atom stereocenters. The number of thiazole rings is 1. The molecule has 1 heterocycles. The lowest BCUT2D eigenvalue weighted by Crippen LogP contribution is -2.03. The third kappa shape index (κ3) is 4.19. The van der Waals surface area contributed by atoms with Crippen LogP contribution < -0.4 is 5.73 Å². The summed E-state index contributed by atoms with van der Waals surface area (Å²) < 4.78 is 0. The minimum Gasteiger partial charge on any atom is -0.383 e. The van der Waals surface area contributed by atoms with Gasteiger partial charge < -0.3 is 10.8 Å². The number of aliphatic hydroxyl groups excluding tert-OH is 1. The lowest BCUT2D eigenvalue weighted by molar-refractivity contribution is 0.224. The van der Waals surface area contributed by atoms with Crippen molar-refractivity contribution in [1.29, 1.82) is 0 Å². The number of nitrogens with two attached hydrogens (primary N) is 1. The van der Waals surface area contributed by atoms with Crippen LogP contribution in [0.3, 0.4) is 0 Å². The van der Waals surface area contributed by atoms with Crippen molar-refractivity contribution in [2.75, 3.05) is 6.54 Å². The maximum absolute atomic E-state index is 11.2. The van der Waals surface area contributed by atoms with Gasteiger partial charge in [0.1, 0.15) is 11.1 Å². The first-order valence-corrected chi connectivity index (χ1v) is 10.6. The fourth-order valence-corrected chi connectivity index (χ4v) is 4.37. The van der Waals surface area contributed by atoms with Crippen LogP contribution in [0.4, 0.5) is 0 Å². The van der Waals surface area contributed by atoms with Crippen LogP contribution in [0, 0.1) is 12.3 Å². The zero-order chi connectivity index (χ0) is 20.9. The Kier molecular flexibility index (Phi) is 6.06. The molecule has 0 aliphatic carbocycles. The molecular formula is C26H22N2OS. The van der Waals surface area contributed by atoms with E-state index in [1.807, 2.05) is 48.5 Å². The van der Waals surface area contributed by atoms with E-state index in [9.17, 15) is 5.11 Å². The Bertz CT molecular complexity index is 1170. The molecule has 0 aliphatic rings.